The average Bonchev–Trinajstić information content (AvgIpc) is 3.41. The van der Waals surface area contributed by atoms with Crippen molar-refractivity contribution in [1.82, 2.24) is 4.90 Å². The van der Waals surface area contributed by atoms with E-state index in [1.54, 1.807) is 4.90 Å². The molecule has 0 radical (unpaired) electrons. The monoisotopic (exact) mass is 559 g/mol. The van der Waals surface area contributed by atoms with Gasteiger partial charge in [-0.1, -0.05) is 42.0 Å². The lowest BCUT2D eigenvalue weighted by Gasteiger charge is -2.31. The van der Waals surface area contributed by atoms with E-state index in [-0.39, 0.29) is 41.8 Å². The molecule has 3 aromatic carbocycles. The van der Waals surface area contributed by atoms with E-state index in [1.807, 2.05) is 43.3 Å². The predicted molar refractivity (Wildman–Crippen MR) is 149 cm³/mol. The van der Waals surface area contributed by atoms with Gasteiger partial charge in [-0.3, -0.25) is 14.9 Å². The fraction of sp³-hybridized carbons (Fsp3) is 0.267. The van der Waals surface area contributed by atoms with Gasteiger partial charge in [0.05, 0.1) is 29.3 Å². The van der Waals surface area contributed by atoms with Crippen LogP contribution < -0.4 is 14.4 Å². The van der Waals surface area contributed by atoms with Gasteiger partial charge in [-0.15, -0.1) is 0 Å². The summed E-state index contributed by atoms with van der Waals surface area (Å²) in [5.74, 6) is 0.213. The standard InChI is InChI=1S/C30H29N3O8/c1-3-19-13-25-29(35)32(30(36)41-18-21-9-11-22(12-10-21)33(37)38)24-15-27(40-17-20-7-5-4-6-8-20)26(39-2)14-23(24)28(34)31(25)16-19/h3-12,14-15,25,29,35H,13,16-18H2,1-2H3/b19-3+/t25-,29-/m0/s1. The highest BCUT2D eigenvalue weighted by Crippen LogP contribution is 2.42. The second-order valence-electron chi connectivity index (χ2n) is 9.71. The molecule has 1 saturated heterocycles. The molecule has 0 unspecified atom stereocenters. The number of nitro benzene ring substituents is 1. The number of benzene rings is 3. The topological polar surface area (TPSA) is 132 Å². The van der Waals surface area contributed by atoms with Gasteiger partial charge in [0, 0.05) is 24.7 Å². The Balaban J connectivity index is 1.50. The van der Waals surface area contributed by atoms with E-state index in [1.165, 1.54) is 43.5 Å². The Bertz CT molecular complexity index is 1490. The number of ether oxygens (including phenoxy) is 3. The fourth-order valence-electron chi connectivity index (χ4n) is 5.01. The zero-order valence-corrected chi connectivity index (χ0v) is 22.6. The number of nitrogens with zero attached hydrogens (tertiary/aromatic N) is 3. The minimum Gasteiger partial charge on any atom is -0.493 e. The zero-order chi connectivity index (χ0) is 29.1. The van der Waals surface area contributed by atoms with E-state index in [2.05, 4.69) is 0 Å². The van der Waals surface area contributed by atoms with Crippen LogP contribution in [-0.4, -0.2) is 52.9 Å². The van der Waals surface area contributed by atoms with E-state index in [4.69, 9.17) is 14.2 Å². The van der Waals surface area contributed by atoms with Crippen LogP contribution in [0.5, 0.6) is 11.5 Å². The highest BCUT2D eigenvalue weighted by atomic mass is 16.6. The number of fused-ring (bicyclic) bond motifs is 2. The van der Waals surface area contributed by atoms with Gasteiger partial charge >= 0.3 is 6.09 Å². The minimum atomic E-state index is -1.42. The number of nitro groups is 1. The van der Waals surface area contributed by atoms with Crippen LogP contribution in [0.1, 0.15) is 34.8 Å². The van der Waals surface area contributed by atoms with Gasteiger partial charge in [-0.25, -0.2) is 9.69 Å². The molecule has 0 aliphatic carbocycles. The van der Waals surface area contributed by atoms with E-state index < -0.39 is 23.3 Å². The minimum absolute atomic E-state index is 0.0893. The van der Waals surface area contributed by atoms with Crippen LogP contribution in [0.25, 0.3) is 0 Å². The van der Waals surface area contributed by atoms with Crippen molar-refractivity contribution in [2.75, 3.05) is 18.6 Å². The van der Waals surface area contributed by atoms with Gasteiger partial charge < -0.3 is 24.2 Å². The van der Waals surface area contributed by atoms with Crippen LogP contribution >= 0.6 is 0 Å². The maximum atomic E-state index is 13.8. The normalized spacial score (nSPS) is 18.9. The number of anilines is 1. The molecular weight excluding hydrogens is 530 g/mol. The Labute approximate surface area is 236 Å². The Kier molecular flexibility index (Phi) is 7.88. The summed E-state index contributed by atoms with van der Waals surface area (Å²) < 4.78 is 17.1. The predicted octanol–water partition coefficient (Wildman–Crippen LogP) is 4.82. The Morgan fingerprint density at radius 1 is 1.07 bits per heavy atom. The SMILES string of the molecule is C/C=C1\C[C@H]2[C@H](O)N(C(=O)OCc3ccc([N+](=O)[O-])cc3)c3cc(OCc4ccccc4)c(OC)cc3C(=O)N2C1. The fourth-order valence-corrected chi connectivity index (χ4v) is 5.01. The lowest BCUT2D eigenvalue weighted by molar-refractivity contribution is -0.384. The molecule has 41 heavy (non-hydrogen) atoms. The van der Waals surface area contributed by atoms with E-state index >= 15 is 0 Å². The van der Waals surface area contributed by atoms with Crippen molar-refractivity contribution in [3.63, 3.8) is 0 Å². The van der Waals surface area contributed by atoms with Crippen LogP contribution in [0, 0.1) is 10.1 Å². The number of hydrogen-bond acceptors (Lipinski definition) is 8. The van der Waals surface area contributed by atoms with Crippen LogP contribution in [0.15, 0.2) is 78.4 Å². The van der Waals surface area contributed by atoms with Crippen molar-refractivity contribution >= 4 is 23.4 Å². The number of allylic oxidation sites excluding steroid dienone is 1. The van der Waals surface area contributed by atoms with Crippen LogP contribution in [0.4, 0.5) is 16.2 Å². The lowest BCUT2D eigenvalue weighted by atomic mass is 10.1. The molecular formula is C30H29N3O8. The summed E-state index contributed by atoms with van der Waals surface area (Å²) in [4.78, 5) is 40.4. The maximum Gasteiger partial charge on any atom is 0.416 e. The molecule has 1 N–H and O–H groups in total. The number of carbonyl (C=O) groups is 2. The second kappa shape index (κ2) is 11.7. The lowest BCUT2D eigenvalue weighted by Crippen LogP contribution is -2.50. The number of methoxy groups -OCH3 is 1. The van der Waals surface area contributed by atoms with Crippen molar-refractivity contribution in [1.29, 1.82) is 0 Å². The number of non-ortho nitro benzene ring substituents is 1. The summed E-state index contributed by atoms with van der Waals surface area (Å²) in [6.45, 7) is 2.18. The molecule has 2 aliphatic rings. The molecule has 5 rings (SSSR count). The van der Waals surface area contributed by atoms with Gasteiger partial charge in [0.25, 0.3) is 11.6 Å². The molecule has 1 fully saturated rings. The van der Waals surface area contributed by atoms with Gasteiger partial charge in [0.2, 0.25) is 0 Å². The number of amides is 2. The Morgan fingerprint density at radius 2 is 1.78 bits per heavy atom. The highest BCUT2D eigenvalue weighted by Gasteiger charge is 2.46. The summed E-state index contributed by atoms with van der Waals surface area (Å²) in [5.41, 5.74) is 2.56. The van der Waals surface area contributed by atoms with Crippen molar-refractivity contribution in [2.45, 2.75) is 38.8 Å². The van der Waals surface area contributed by atoms with E-state index in [0.717, 1.165) is 16.0 Å². The van der Waals surface area contributed by atoms with Crippen molar-refractivity contribution in [3.8, 4) is 11.5 Å². The number of rotatable bonds is 7. The molecule has 0 spiro atoms. The third-order valence-corrected chi connectivity index (χ3v) is 7.24. The molecule has 0 bridgehead atoms. The summed E-state index contributed by atoms with van der Waals surface area (Å²) >= 11 is 0. The first-order valence-corrected chi connectivity index (χ1v) is 13.0. The summed E-state index contributed by atoms with van der Waals surface area (Å²) in [6, 6.07) is 17.4. The smallest absolute Gasteiger partial charge is 0.416 e. The second-order valence-corrected chi connectivity index (χ2v) is 9.71. The number of hydrogen-bond donors (Lipinski definition) is 1. The van der Waals surface area contributed by atoms with Crippen molar-refractivity contribution in [3.05, 3.63) is 105 Å². The summed E-state index contributed by atoms with van der Waals surface area (Å²) in [6.07, 6.45) is -0.0245. The van der Waals surface area contributed by atoms with Gasteiger partial charge in [0.15, 0.2) is 17.7 Å². The third-order valence-electron chi connectivity index (χ3n) is 7.24. The maximum absolute atomic E-state index is 13.8. The number of carbonyl (C=O) groups excluding carboxylic acids is 2. The molecule has 3 aromatic rings. The first-order valence-electron chi connectivity index (χ1n) is 13.0. The number of aliphatic hydroxyl groups is 1. The summed E-state index contributed by atoms with van der Waals surface area (Å²) in [7, 11) is 1.46. The molecule has 2 atom stereocenters. The Hall–Kier alpha value is -4.90. The number of aliphatic hydroxyl groups excluding tert-OH is 1. The Morgan fingerprint density at radius 3 is 2.44 bits per heavy atom. The molecule has 2 heterocycles. The molecule has 212 valence electrons. The average molecular weight is 560 g/mol. The third kappa shape index (κ3) is 5.57. The van der Waals surface area contributed by atoms with E-state index in [9.17, 15) is 24.8 Å². The van der Waals surface area contributed by atoms with Crippen LogP contribution in [0.3, 0.4) is 0 Å². The molecule has 11 nitrogen and oxygen atoms in total. The molecule has 11 heteroatoms. The van der Waals surface area contributed by atoms with Gasteiger partial charge in [0.1, 0.15) is 13.2 Å². The highest BCUT2D eigenvalue weighted by molar-refractivity contribution is 6.06. The summed E-state index contributed by atoms with van der Waals surface area (Å²) in [5, 5.41) is 22.5. The molecule has 0 saturated carbocycles. The largest absolute Gasteiger partial charge is 0.493 e. The first kappa shape index (κ1) is 27.7. The zero-order valence-electron chi connectivity index (χ0n) is 22.6. The van der Waals surface area contributed by atoms with Gasteiger partial charge in [-0.2, -0.15) is 0 Å². The van der Waals surface area contributed by atoms with E-state index in [0.29, 0.717) is 24.3 Å². The molecule has 2 aliphatic heterocycles. The first-order chi connectivity index (χ1) is 19.8. The van der Waals surface area contributed by atoms with Crippen LogP contribution in [-0.2, 0) is 18.0 Å². The van der Waals surface area contributed by atoms with Crippen LogP contribution in [0.2, 0.25) is 0 Å². The molecule has 0 aromatic heterocycles. The van der Waals surface area contributed by atoms with Gasteiger partial charge in [-0.05, 0) is 42.7 Å². The molecule has 2 amide bonds. The van der Waals surface area contributed by atoms with Crippen molar-refractivity contribution in [2.24, 2.45) is 0 Å². The quantitative estimate of drug-likeness (QED) is 0.248. The van der Waals surface area contributed by atoms with Crippen molar-refractivity contribution < 1.29 is 33.8 Å².